The van der Waals surface area contributed by atoms with E-state index in [1.54, 1.807) is 18.2 Å². The lowest BCUT2D eigenvalue weighted by Gasteiger charge is -2.12. The summed E-state index contributed by atoms with van der Waals surface area (Å²) in [4.78, 5) is 12.7. The van der Waals surface area contributed by atoms with E-state index < -0.39 is 0 Å². The van der Waals surface area contributed by atoms with Crippen molar-refractivity contribution >= 4 is 5.91 Å². The molecule has 0 saturated heterocycles. The Morgan fingerprint density at radius 3 is 2.40 bits per heavy atom. The van der Waals surface area contributed by atoms with Crippen molar-refractivity contribution in [3.63, 3.8) is 0 Å². The first-order valence-corrected chi connectivity index (χ1v) is 10.3. The van der Waals surface area contributed by atoms with Crippen LogP contribution in [-0.2, 0) is 13.1 Å². The number of hydrogen-bond donors (Lipinski definition) is 1. The minimum atomic E-state index is -0.159. The molecule has 0 aliphatic rings. The number of rotatable bonds is 9. The molecule has 3 rings (SSSR count). The molecule has 0 fully saturated rings. The second-order valence-electron chi connectivity index (χ2n) is 7.00. The van der Waals surface area contributed by atoms with E-state index in [2.05, 4.69) is 22.5 Å². The zero-order valence-corrected chi connectivity index (χ0v) is 18.1. The molecule has 1 aromatic heterocycles. The first kappa shape index (κ1) is 21.4. The zero-order chi connectivity index (χ0) is 21.5. The molecule has 30 heavy (non-hydrogen) atoms. The number of ether oxygens (including phenoxy) is 2. The number of hydrogen-bond acceptors (Lipinski definition) is 4. The van der Waals surface area contributed by atoms with Crippen LogP contribution in [0.2, 0.25) is 0 Å². The van der Waals surface area contributed by atoms with Gasteiger partial charge in [0.15, 0.2) is 11.5 Å². The number of nitrogens with zero attached hydrogens (tertiary/aromatic N) is 2. The van der Waals surface area contributed by atoms with E-state index in [1.165, 1.54) is 5.56 Å². The quantitative estimate of drug-likeness (QED) is 0.575. The van der Waals surface area contributed by atoms with Crippen molar-refractivity contribution in [2.45, 2.75) is 40.8 Å². The average molecular weight is 408 g/mol. The number of aryl methyl sites for hydroxylation is 1. The fourth-order valence-corrected chi connectivity index (χ4v) is 3.36. The topological polar surface area (TPSA) is 65.4 Å². The lowest BCUT2D eigenvalue weighted by atomic mass is 10.1. The SMILES string of the molecule is CCOc1ccc(C(=O)NCc2c(C)nn(Cc3ccccc3)c2C)cc1OCC. The highest BCUT2D eigenvalue weighted by Gasteiger charge is 2.15. The van der Waals surface area contributed by atoms with E-state index in [1.807, 2.05) is 50.6 Å². The monoisotopic (exact) mass is 407 g/mol. The highest BCUT2D eigenvalue weighted by atomic mass is 16.5. The van der Waals surface area contributed by atoms with Crippen LogP contribution in [0, 0.1) is 13.8 Å². The fourth-order valence-electron chi connectivity index (χ4n) is 3.36. The van der Waals surface area contributed by atoms with Gasteiger partial charge in [-0.05, 0) is 51.5 Å². The highest BCUT2D eigenvalue weighted by molar-refractivity contribution is 5.94. The summed E-state index contributed by atoms with van der Waals surface area (Å²) in [6, 6.07) is 15.5. The molecule has 1 heterocycles. The summed E-state index contributed by atoms with van der Waals surface area (Å²) in [5, 5.41) is 7.66. The smallest absolute Gasteiger partial charge is 0.251 e. The Hall–Kier alpha value is -3.28. The Morgan fingerprint density at radius 1 is 1.00 bits per heavy atom. The van der Waals surface area contributed by atoms with Crippen molar-refractivity contribution < 1.29 is 14.3 Å². The van der Waals surface area contributed by atoms with Crippen molar-refractivity contribution in [3.05, 3.63) is 76.6 Å². The van der Waals surface area contributed by atoms with Crippen LogP contribution in [0.3, 0.4) is 0 Å². The summed E-state index contributed by atoms with van der Waals surface area (Å²) in [5.74, 6) is 1.06. The normalized spacial score (nSPS) is 10.7. The van der Waals surface area contributed by atoms with E-state index in [4.69, 9.17) is 9.47 Å². The summed E-state index contributed by atoms with van der Waals surface area (Å²) >= 11 is 0. The van der Waals surface area contributed by atoms with Crippen LogP contribution in [-0.4, -0.2) is 28.9 Å². The molecule has 2 aromatic carbocycles. The van der Waals surface area contributed by atoms with Gasteiger partial charge in [0.25, 0.3) is 5.91 Å². The third-order valence-corrected chi connectivity index (χ3v) is 4.94. The van der Waals surface area contributed by atoms with Crippen LogP contribution in [0.4, 0.5) is 0 Å². The molecule has 1 N–H and O–H groups in total. The molecular weight excluding hydrogens is 378 g/mol. The summed E-state index contributed by atoms with van der Waals surface area (Å²) in [5.41, 5.74) is 4.74. The Balaban J connectivity index is 1.71. The maximum atomic E-state index is 12.7. The Labute approximate surface area is 177 Å². The molecule has 0 saturated carbocycles. The van der Waals surface area contributed by atoms with Gasteiger partial charge in [-0.2, -0.15) is 5.10 Å². The summed E-state index contributed by atoms with van der Waals surface area (Å²) < 4.78 is 13.2. The van der Waals surface area contributed by atoms with Gasteiger partial charge in [0, 0.05) is 23.4 Å². The predicted octanol–water partition coefficient (Wildman–Crippen LogP) is 4.28. The second-order valence-corrected chi connectivity index (χ2v) is 7.00. The van der Waals surface area contributed by atoms with E-state index in [-0.39, 0.29) is 5.91 Å². The van der Waals surface area contributed by atoms with Crippen molar-refractivity contribution in [2.75, 3.05) is 13.2 Å². The third-order valence-electron chi connectivity index (χ3n) is 4.94. The summed E-state index contributed by atoms with van der Waals surface area (Å²) in [6.07, 6.45) is 0. The molecule has 0 atom stereocenters. The van der Waals surface area contributed by atoms with Crippen molar-refractivity contribution in [3.8, 4) is 11.5 Å². The molecular formula is C24H29N3O3. The number of carbonyl (C=O) groups excluding carboxylic acids is 1. The lowest BCUT2D eigenvalue weighted by Crippen LogP contribution is -2.23. The first-order valence-electron chi connectivity index (χ1n) is 10.3. The van der Waals surface area contributed by atoms with E-state index >= 15 is 0 Å². The average Bonchev–Trinajstić information content (AvgIpc) is 3.01. The van der Waals surface area contributed by atoms with Crippen LogP contribution in [0.5, 0.6) is 11.5 Å². The van der Waals surface area contributed by atoms with Gasteiger partial charge >= 0.3 is 0 Å². The van der Waals surface area contributed by atoms with Gasteiger partial charge in [0.2, 0.25) is 0 Å². The van der Waals surface area contributed by atoms with Crippen LogP contribution in [0.25, 0.3) is 0 Å². The van der Waals surface area contributed by atoms with Gasteiger partial charge in [-0.1, -0.05) is 30.3 Å². The molecule has 0 radical (unpaired) electrons. The minimum absolute atomic E-state index is 0.159. The third kappa shape index (κ3) is 5.00. The number of amides is 1. The number of aromatic nitrogens is 2. The molecule has 0 aliphatic carbocycles. The van der Waals surface area contributed by atoms with Crippen molar-refractivity contribution in [2.24, 2.45) is 0 Å². The van der Waals surface area contributed by atoms with Crippen LogP contribution >= 0.6 is 0 Å². The van der Waals surface area contributed by atoms with Crippen LogP contribution < -0.4 is 14.8 Å². The molecule has 0 spiro atoms. The molecule has 6 heteroatoms. The second kappa shape index (κ2) is 9.96. The van der Waals surface area contributed by atoms with Gasteiger partial charge in [-0.25, -0.2) is 0 Å². The van der Waals surface area contributed by atoms with E-state index in [0.717, 1.165) is 17.0 Å². The van der Waals surface area contributed by atoms with Gasteiger partial charge < -0.3 is 14.8 Å². The molecule has 1 amide bonds. The van der Waals surface area contributed by atoms with Crippen molar-refractivity contribution in [1.29, 1.82) is 0 Å². The Morgan fingerprint density at radius 2 is 1.70 bits per heavy atom. The van der Waals surface area contributed by atoms with E-state index in [9.17, 15) is 4.79 Å². The molecule has 0 aliphatic heterocycles. The summed E-state index contributed by atoms with van der Waals surface area (Å²) in [6.45, 7) is 10.00. The molecule has 0 unspecified atom stereocenters. The summed E-state index contributed by atoms with van der Waals surface area (Å²) in [7, 11) is 0. The molecule has 6 nitrogen and oxygen atoms in total. The van der Waals surface area contributed by atoms with Crippen molar-refractivity contribution in [1.82, 2.24) is 15.1 Å². The van der Waals surface area contributed by atoms with Gasteiger partial charge in [0.05, 0.1) is 25.5 Å². The molecule has 3 aromatic rings. The maximum Gasteiger partial charge on any atom is 0.251 e. The predicted molar refractivity (Wildman–Crippen MR) is 117 cm³/mol. The standard InChI is InChI=1S/C24H29N3O3/c1-5-29-22-13-12-20(14-23(22)30-6-2)24(28)25-15-21-17(3)26-27(18(21)4)16-19-10-8-7-9-11-19/h7-14H,5-6,15-16H2,1-4H3,(H,25,28). The first-order chi connectivity index (χ1) is 14.5. The fraction of sp³-hybridized carbons (Fsp3) is 0.333. The maximum absolute atomic E-state index is 12.7. The lowest BCUT2D eigenvalue weighted by molar-refractivity contribution is 0.0950. The van der Waals surface area contributed by atoms with Crippen LogP contribution in [0.15, 0.2) is 48.5 Å². The van der Waals surface area contributed by atoms with Gasteiger partial charge in [0.1, 0.15) is 0 Å². The zero-order valence-electron chi connectivity index (χ0n) is 18.1. The van der Waals surface area contributed by atoms with Gasteiger partial charge in [-0.3, -0.25) is 9.48 Å². The largest absolute Gasteiger partial charge is 0.490 e. The minimum Gasteiger partial charge on any atom is -0.490 e. The van der Waals surface area contributed by atoms with Crippen LogP contribution in [0.1, 0.15) is 46.7 Å². The molecule has 0 bridgehead atoms. The highest BCUT2D eigenvalue weighted by Crippen LogP contribution is 2.28. The Bertz CT molecular complexity index is 996. The molecule has 158 valence electrons. The number of benzene rings is 2. The number of carbonyl (C=O) groups is 1. The number of nitrogens with one attached hydrogen (secondary N) is 1. The van der Waals surface area contributed by atoms with E-state index in [0.29, 0.717) is 43.4 Å². The Kier molecular flexibility index (Phi) is 7.12. The van der Waals surface area contributed by atoms with Gasteiger partial charge in [-0.15, -0.1) is 0 Å².